The van der Waals surface area contributed by atoms with Gasteiger partial charge in [-0.25, -0.2) is 14.2 Å². The highest BCUT2D eigenvalue weighted by Crippen LogP contribution is 2.35. The van der Waals surface area contributed by atoms with Gasteiger partial charge < -0.3 is 14.2 Å². The van der Waals surface area contributed by atoms with Crippen LogP contribution >= 0.6 is 22.9 Å². The molecule has 10 heteroatoms. The molecule has 4 aromatic rings. The number of methoxy groups -OCH3 is 1. The third kappa shape index (κ3) is 5.55. The number of rotatable bonds is 8. The number of benzene rings is 3. The lowest BCUT2D eigenvalue weighted by molar-refractivity contribution is -0.139. The van der Waals surface area contributed by atoms with E-state index < -0.39 is 12.0 Å². The average molecular weight is 593 g/mol. The third-order valence-corrected chi connectivity index (χ3v) is 7.89. The fourth-order valence-electron chi connectivity index (χ4n) is 4.65. The number of halogens is 2. The Morgan fingerprint density at radius 3 is 2.61 bits per heavy atom. The number of fused-ring (bicyclic) bond motifs is 1. The van der Waals surface area contributed by atoms with E-state index in [1.54, 1.807) is 80.6 Å². The minimum Gasteiger partial charge on any atom is -0.493 e. The van der Waals surface area contributed by atoms with Gasteiger partial charge in [-0.15, -0.1) is 0 Å². The smallest absolute Gasteiger partial charge is 0.338 e. The van der Waals surface area contributed by atoms with Crippen molar-refractivity contribution in [3.63, 3.8) is 0 Å². The highest BCUT2D eigenvalue weighted by atomic mass is 35.5. The van der Waals surface area contributed by atoms with Crippen LogP contribution in [0.15, 0.2) is 87.8 Å². The van der Waals surface area contributed by atoms with Gasteiger partial charge in [0.15, 0.2) is 16.3 Å². The summed E-state index contributed by atoms with van der Waals surface area (Å²) in [5.41, 5.74) is 1.84. The standard InChI is InChI=1S/C31H26ClFN2O5S/c1-4-39-30(37)26-18(2)34-31-35(27(26)21-12-6-7-13-22(21)32)29(36)25(41-31)16-19-11-9-15-24(38-3)28(19)40-17-20-10-5-8-14-23(20)33/h5-16,27H,4,17H2,1-3H3/b25-16-/t27-/m0/s1. The van der Waals surface area contributed by atoms with E-state index in [0.717, 1.165) is 0 Å². The van der Waals surface area contributed by atoms with Crippen LogP contribution in [0.5, 0.6) is 11.5 Å². The first-order valence-corrected chi connectivity index (χ1v) is 14.0. The molecule has 1 aliphatic rings. The van der Waals surface area contributed by atoms with Crippen molar-refractivity contribution < 1.29 is 23.4 Å². The Hall–Kier alpha value is -4.21. The molecule has 0 saturated carbocycles. The van der Waals surface area contributed by atoms with Crippen molar-refractivity contribution in [2.24, 2.45) is 4.99 Å². The highest BCUT2D eigenvalue weighted by molar-refractivity contribution is 7.07. The van der Waals surface area contributed by atoms with Crippen molar-refractivity contribution in [1.82, 2.24) is 4.57 Å². The van der Waals surface area contributed by atoms with Crippen molar-refractivity contribution in [2.45, 2.75) is 26.5 Å². The minimum atomic E-state index is -0.830. The Bertz CT molecular complexity index is 1850. The van der Waals surface area contributed by atoms with Crippen LogP contribution < -0.4 is 24.4 Å². The Morgan fingerprint density at radius 1 is 1.12 bits per heavy atom. The maximum Gasteiger partial charge on any atom is 0.338 e. The Balaban J connectivity index is 1.66. The molecular formula is C31H26ClFN2O5S. The predicted molar refractivity (Wildman–Crippen MR) is 156 cm³/mol. The van der Waals surface area contributed by atoms with Crippen LogP contribution in [0, 0.1) is 5.82 Å². The molecule has 1 aromatic heterocycles. The molecule has 0 N–H and O–H groups in total. The molecule has 5 rings (SSSR count). The second-order valence-electron chi connectivity index (χ2n) is 9.08. The summed E-state index contributed by atoms with van der Waals surface area (Å²) in [5.74, 6) is -0.165. The van der Waals surface area contributed by atoms with Gasteiger partial charge in [-0.1, -0.05) is 71.5 Å². The van der Waals surface area contributed by atoms with E-state index in [0.29, 0.717) is 48.2 Å². The number of aromatic nitrogens is 1. The second kappa shape index (κ2) is 12.1. The third-order valence-electron chi connectivity index (χ3n) is 6.56. The van der Waals surface area contributed by atoms with Crippen LogP contribution in [-0.4, -0.2) is 24.3 Å². The molecule has 2 heterocycles. The normalized spacial score (nSPS) is 14.9. The molecule has 1 atom stereocenters. The molecule has 41 heavy (non-hydrogen) atoms. The van der Waals surface area contributed by atoms with Crippen LogP contribution in [-0.2, 0) is 16.1 Å². The number of hydrogen-bond acceptors (Lipinski definition) is 7. The summed E-state index contributed by atoms with van der Waals surface area (Å²) in [4.78, 5) is 32.1. The van der Waals surface area contributed by atoms with Crippen LogP contribution in [0.3, 0.4) is 0 Å². The number of carbonyl (C=O) groups is 1. The maximum atomic E-state index is 14.3. The fraction of sp³-hybridized carbons (Fsp3) is 0.194. The first-order valence-electron chi connectivity index (χ1n) is 12.8. The van der Waals surface area contributed by atoms with Crippen LogP contribution in [0.2, 0.25) is 5.02 Å². The molecule has 0 amide bonds. The van der Waals surface area contributed by atoms with Crippen LogP contribution in [0.1, 0.15) is 36.6 Å². The summed E-state index contributed by atoms with van der Waals surface area (Å²) < 4.78 is 33.0. The summed E-state index contributed by atoms with van der Waals surface area (Å²) in [6.07, 6.45) is 1.68. The second-order valence-corrected chi connectivity index (χ2v) is 10.5. The molecule has 1 aliphatic heterocycles. The van der Waals surface area contributed by atoms with Gasteiger partial charge in [-0.05, 0) is 43.7 Å². The maximum absolute atomic E-state index is 14.3. The zero-order valence-corrected chi connectivity index (χ0v) is 24.1. The summed E-state index contributed by atoms with van der Waals surface area (Å²) in [5, 5.41) is 0.403. The molecule has 0 spiro atoms. The number of nitrogens with zero attached hydrogens (tertiary/aromatic N) is 2. The molecule has 210 valence electrons. The number of thiazole rings is 1. The van der Waals surface area contributed by atoms with Gasteiger partial charge in [-0.3, -0.25) is 9.36 Å². The number of allylic oxidation sites excluding steroid dienone is 1. The number of para-hydroxylation sites is 1. The quantitative estimate of drug-likeness (QED) is 0.264. The van der Waals surface area contributed by atoms with E-state index in [4.69, 9.17) is 25.8 Å². The number of esters is 1. The molecule has 7 nitrogen and oxygen atoms in total. The van der Waals surface area contributed by atoms with Gasteiger partial charge in [0.2, 0.25) is 0 Å². The first kappa shape index (κ1) is 28.3. The van der Waals surface area contributed by atoms with E-state index in [1.165, 1.54) is 29.1 Å². The molecule has 0 bridgehead atoms. The van der Waals surface area contributed by atoms with Crippen molar-refractivity contribution in [3.8, 4) is 11.5 Å². The lowest BCUT2D eigenvalue weighted by atomic mass is 9.96. The summed E-state index contributed by atoms with van der Waals surface area (Å²) >= 11 is 7.75. The average Bonchev–Trinajstić information content (AvgIpc) is 3.26. The number of carbonyl (C=O) groups excluding carboxylic acids is 1. The molecule has 0 unspecified atom stereocenters. The lowest BCUT2D eigenvalue weighted by Crippen LogP contribution is -2.40. The van der Waals surface area contributed by atoms with Crippen molar-refractivity contribution >= 4 is 35.0 Å². The van der Waals surface area contributed by atoms with Crippen molar-refractivity contribution in [1.29, 1.82) is 0 Å². The Kier molecular flexibility index (Phi) is 8.37. The van der Waals surface area contributed by atoms with E-state index in [-0.39, 0.29) is 30.2 Å². The highest BCUT2D eigenvalue weighted by Gasteiger charge is 2.34. The zero-order valence-electron chi connectivity index (χ0n) is 22.5. The van der Waals surface area contributed by atoms with Crippen molar-refractivity contribution in [2.75, 3.05) is 13.7 Å². The first-order chi connectivity index (χ1) is 19.8. The van der Waals surface area contributed by atoms with Gasteiger partial charge in [-0.2, -0.15) is 0 Å². The fourth-order valence-corrected chi connectivity index (χ4v) is 5.93. The largest absolute Gasteiger partial charge is 0.493 e. The molecular weight excluding hydrogens is 567 g/mol. The summed E-state index contributed by atoms with van der Waals surface area (Å²) in [7, 11) is 1.51. The Morgan fingerprint density at radius 2 is 1.88 bits per heavy atom. The van der Waals surface area contributed by atoms with Gasteiger partial charge in [0.25, 0.3) is 5.56 Å². The minimum absolute atomic E-state index is 0.0380. The van der Waals surface area contributed by atoms with Gasteiger partial charge in [0, 0.05) is 16.1 Å². The van der Waals surface area contributed by atoms with E-state index in [9.17, 15) is 14.0 Å². The predicted octanol–water partition coefficient (Wildman–Crippen LogP) is 5.18. The molecule has 3 aromatic carbocycles. The van der Waals surface area contributed by atoms with E-state index >= 15 is 0 Å². The van der Waals surface area contributed by atoms with Crippen LogP contribution in [0.25, 0.3) is 6.08 Å². The number of hydrogen-bond donors (Lipinski definition) is 0. The summed E-state index contributed by atoms with van der Waals surface area (Å²) in [6.45, 7) is 3.56. The lowest BCUT2D eigenvalue weighted by Gasteiger charge is -2.25. The molecule has 0 aliphatic carbocycles. The van der Waals surface area contributed by atoms with Gasteiger partial charge >= 0.3 is 5.97 Å². The monoisotopic (exact) mass is 592 g/mol. The van der Waals surface area contributed by atoms with E-state index in [2.05, 4.69) is 4.99 Å². The number of ether oxygens (including phenoxy) is 3. The van der Waals surface area contributed by atoms with E-state index in [1.807, 2.05) is 0 Å². The molecule has 0 saturated heterocycles. The van der Waals surface area contributed by atoms with Crippen LogP contribution in [0.4, 0.5) is 4.39 Å². The topological polar surface area (TPSA) is 79.1 Å². The SMILES string of the molecule is CCOC(=O)C1=C(C)N=c2s/c(=C\c3cccc(OC)c3OCc3ccccc3F)c(=O)n2[C@H]1c1ccccc1Cl. The summed E-state index contributed by atoms with van der Waals surface area (Å²) in [6, 6.07) is 17.8. The molecule has 0 radical (unpaired) electrons. The van der Waals surface area contributed by atoms with Gasteiger partial charge in [0.05, 0.1) is 29.5 Å². The van der Waals surface area contributed by atoms with Gasteiger partial charge in [0.1, 0.15) is 18.5 Å². The Labute approximate surface area is 244 Å². The zero-order chi connectivity index (χ0) is 29.1. The molecule has 0 fully saturated rings. The van der Waals surface area contributed by atoms with Crippen molar-refractivity contribution in [3.05, 3.63) is 125 Å².